The Morgan fingerprint density at radius 1 is 1.32 bits per heavy atom. The molecule has 2 rings (SSSR count). The topological polar surface area (TPSA) is 65.5 Å². The average molecular weight is 358 g/mol. The highest BCUT2D eigenvalue weighted by molar-refractivity contribution is 5.93. The number of amides is 2. The Labute approximate surface area is 144 Å². The molecule has 2 heterocycles. The maximum absolute atomic E-state index is 13.4. The van der Waals surface area contributed by atoms with Crippen molar-refractivity contribution in [2.45, 2.75) is 38.0 Å². The number of carbonyl (C=O) groups excluding carboxylic acids is 2. The van der Waals surface area contributed by atoms with Crippen LogP contribution < -0.4 is 10.2 Å². The molecule has 6 nitrogen and oxygen atoms in total. The fourth-order valence-electron chi connectivity index (χ4n) is 2.90. The van der Waals surface area contributed by atoms with Crippen molar-refractivity contribution < 1.29 is 22.8 Å². The van der Waals surface area contributed by atoms with E-state index in [-0.39, 0.29) is 31.0 Å². The summed E-state index contributed by atoms with van der Waals surface area (Å²) in [7, 11) is 3.52. The number of anilines is 1. The molecule has 9 heteroatoms. The van der Waals surface area contributed by atoms with Crippen LogP contribution in [-0.4, -0.2) is 60.6 Å². The van der Waals surface area contributed by atoms with Crippen LogP contribution >= 0.6 is 0 Å². The van der Waals surface area contributed by atoms with Crippen molar-refractivity contribution in [2.24, 2.45) is 0 Å². The third-order valence-electron chi connectivity index (χ3n) is 4.11. The lowest BCUT2D eigenvalue weighted by Gasteiger charge is -2.40. The Kier molecular flexibility index (Phi) is 5.54. The number of pyridine rings is 1. The lowest BCUT2D eigenvalue weighted by molar-refractivity contribution is -0.184. The number of hydrogen-bond donors (Lipinski definition) is 1. The number of rotatable bonds is 3. The van der Waals surface area contributed by atoms with Crippen molar-refractivity contribution in [3.05, 3.63) is 24.0 Å². The fraction of sp³-hybridized carbons (Fsp3) is 0.562. The van der Waals surface area contributed by atoms with Gasteiger partial charge in [0.25, 0.3) is 5.91 Å². The average Bonchev–Trinajstić information content (AvgIpc) is 2.52. The van der Waals surface area contributed by atoms with Gasteiger partial charge in [-0.15, -0.1) is 0 Å². The molecule has 1 aliphatic heterocycles. The number of hydrogen-bond acceptors (Lipinski definition) is 4. The molecule has 25 heavy (non-hydrogen) atoms. The lowest BCUT2D eigenvalue weighted by atomic mass is 9.97. The van der Waals surface area contributed by atoms with Gasteiger partial charge in [0, 0.05) is 45.5 Å². The van der Waals surface area contributed by atoms with E-state index in [0.717, 1.165) is 4.90 Å². The van der Waals surface area contributed by atoms with Crippen LogP contribution in [0, 0.1) is 0 Å². The first-order valence-corrected chi connectivity index (χ1v) is 7.87. The zero-order valence-corrected chi connectivity index (χ0v) is 14.3. The molecule has 1 aliphatic rings. The molecule has 0 unspecified atom stereocenters. The third-order valence-corrected chi connectivity index (χ3v) is 4.11. The molecular formula is C16H21F3N4O2. The number of nitrogens with zero attached hydrogens (tertiary/aromatic N) is 3. The van der Waals surface area contributed by atoms with Crippen molar-refractivity contribution in [1.29, 1.82) is 0 Å². The highest BCUT2D eigenvalue weighted by atomic mass is 19.4. The summed E-state index contributed by atoms with van der Waals surface area (Å²) in [6.07, 6.45) is -3.23. The number of halogens is 3. The molecule has 1 N–H and O–H groups in total. The molecule has 138 valence electrons. The smallest absolute Gasteiger partial charge is 0.378 e. The largest absolute Gasteiger partial charge is 0.408 e. The van der Waals surface area contributed by atoms with Crippen LogP contribution in [0.3, 0.4) is 0 Å². The summed E-state index contributed by atoms with van der Waals surface area (Å²) in [6.45, 7) is 1.10. The molecule has 1 aromatic rings. The lowest BCUT2D eigenvalue weighted by Crippen LogP contribution is -2.58. The van der Waals surface area contributed by atoms with Gasteiger partial charge in [-0.3, -0.25) is 14.6 Å². The van der Waals surface area contributed by atoms with Gasteiger partial charge in [0.15, 0.2) is 0 Å². The minimum Gasteiger partial charge on any atom is -0.378 e. The van der Waals surface area contributed by atoms with E-state index < -0.39 is 24.2 Å². The Bertz CT molecular complexity index is 649. The van der Waals surface area contributed by atoms with Gasteiger partial charge in [0.1, 0.15) is 11.7 Å². The Hall–Kier alpha value is -2.32. The number of carbonyl (C=O) groups is 2. The number of aromatic nitrogens is 1. The number of alkyl halides is 3. The Morgan fingerprint density at radius 2 is 2.00 bits per heavy atom. The van der Waals surface area contributed by atoms with Gasteiger partial charge in [0.05, 0.1) is 0 Å². The van der Waals surface area contributed by atoms with Gasteiger partial charge in [-0.2, -0.15) is 13.2 Å². The molecule has 1 saturated heterocycles. The molecule has 0 aromatic carbocycles. The summed E-state index contributed by atoms with van der Waals surface area (Å²) in [6, 6.07) is 0.735. The Balaban J connectivity index is 2.30. The maximum atomic E-state index is 13.4. The minimum atomic E-state index is -4.53. The van der Waals surface area contributed by atoms with Crippen LogP contribution in [0.2, 0.25) is 0 Å². The monoisotopic (exact) mass is 358 g/mol. The van der Waals surface area contributed by atoms with Crippen LogP contribution in [0.5, 0.6) is 0 Å². The summed E-state index contributed by atoms with van der Waals surface area (Å²) in [4.78, 5) is 30.3. The van der Waals surface area contributed by atoms with E-state index in [2.05, 4.69) is 10.3 Å². The minimum absolute atomic E-state index is 0.0519. The highest BCUT2D eigenvalue weighted by Gasteiger charge is 2.48. The van der Waals surface area contributed by atoms with Gasteiger partial charge in [-0.25, -0.2) is 0 Å². The predicted octanol–water partition coefficient (Wildman–Crippen LogP) is 1.82. The summed E-state index contributed by atoms with van der Waals surface area (Å²) >= 11 is 0. The van der Waals surface area contributed by atoms with E-state index in [4.69, 9.17) is 0 Å². The molecule has 0 bridgehead atoms. The molecular weight excluding hydrogens is 337 g/mol. The summed E-state index contributed by atoms with van der Waals surface area (Å²) in [5.41, 5.74) is 0.612. The van der Waals surface area contributed by atoms with Crippen molar-refractivity contribution in [2.75, 3.05) is 25.5 Å². The van der Waals surface area contributed by atoms with Gasteiger partial charge < -0.3 is 15.1 Å². The fourth-order valence-corrected chi connectivity index (χ4v) is 2.90. The molecule has 0 aliphatic carbocycles. The van der Waals surface area contributed by atoms with E-state index in [1.54, 1.807) is 25.1 Å². The van der Waals surface area contributed by atoms with E-state index in [0.29, 0.717) is 5.69 Å². The number of piperidine rings is 1. The van der Waals surface area contributed by atoms with Gasteiger partial charge in [-0.1, -0.05) is 0 Å². The van der Waals surface area contributed by atoms with Crippen molar-refractivity contribution in [3.63, 3.8) is 0 Å². The van der Waals surface area contributed by atoms with Crippen LogP contribution in [-0.2, 0) is 4.79 Å². The summed E-state index contributed by atoms with van der Waals surface area (Å²) in [5, 5.41) is 2.59. The molecule has 1 aromatic heterocycles. The quantitative estimate of drug-likeness (QED) is 0.895. The predicted molar refractivity (Wildman–Crippen MR) is 86.3 cm³/mol. The first kappa shape index (κ1) is 19.0. The molecule has 0 spiro atoms. The van der Waals surface area contributed by atoms with Crippen LogP contribution in [0.4, 0.5) is 18.9 Å². The molecule has 2 atom stereocenters. The third kappa shape index (κ3) is 4.61. The second kappa shape index (κ2) is 7.28. The SMILES string of the molecule is CC(=O)N[C@H]1CC[C@@H](C(F)(F)F)N(C(=O)c2cc(N(C)C)ccn2)C1. The second-order valence-electron chi connectivity index (χ2n) is 6.28. The van der Waals surface area contributed by atoms with E-state index in [1.807, 2.05) is 0 Å². The van der Waals surface area contributed by atoms with Gasteiger partial charge in [-0.05, 0) is 25.0 Å². The van der Waals surface area contributed by atoms with Crippen molar-refractivity contribution in [1.82, 2.24) is 15.2 Å². The number of likely N-dealkylation sites (tertiary alicyclic amines) is 1. The normalized spacial score (nSPS) is 21.0. The van der Waals surface area contributed by atoms with Crippen molar-refractivity contribution in [3.8, 4) is 0 Å². The summed E-state index contributed by atoms with van der Waals surface area (Å²) in [5.74, 6) is -1.13. The van der Waals surface area contributed by atoms with Crippen LogP contribution in [0.25, 0.3) is 0 Å². The van der Waals surface area contributed by atoms with Crippen LogP contribution in [0.1, 0.15) is 30.3 Å². The summed E-state index contributed by atoms with van der Waals surface area (Å²) < 4.78 is 40.1. The zero-order valence-electron chi connectivity index (χ0n) is 14.3. The van der Waals surface area contributed by atoms with Gasteiger partial charge >= 0.3 is 6.18 Å². The second-order valence-corrected chi connectivity index (χ2v) is 6.28. The highest BCUT2D eigenvalue weighted by Crippen LogP contribution is 2.33. The van der Waals surface area contributed by atoms with Gasteiger partial charge in [0.2, 0.25) is 5.91 Å². The van der Waals surface area contributed by atoms with Crippen LogP contribution in [0.15, 0.2) is 18.3 Å². The number of nitrogens with one attached hydrogen (secondary N) is 1. The molecule has 1 fully saturated rings. The first-order chi connectivity index (χ1) is 11.6. The standard InChI is InChI=1S/C16H21F3N4O2/c1-10(24)21-11-4-5-14(16(17,18)19)23(9-11)15(25)13-8-12(22(2)3)6-7-20-13/h6-8,11,14H,4-5,9H2,1-3H3,(H,21,24)/t11-,14-/m0/s1. The van der Waals surface area contributed by atoms with E-state index >= 15 is 0 Å². The molecule has 0 radical (unpaired) electrons. The Morgan fingerprint density at radius 3 is 2.56 bits per heavy atom. The maximum Gasteiger partial charge on any atom is 0.408 e. The first-order valence-electron chi connectivity index (χ1n) is 7.87. The van der Waals surface area contributed by atoms with E-state index in [9.17, 15) is 22.8 Å². The van der Waals surface area contributed by atoms with E-state index in [1.165, 1.54) is 19.2 Å². The van der Waals surface area contributed by atoms with Crippen molar-refractivity contribution >= 4 is 17.5 Å². The molecule has 2 amide bonds. The molecule has 0 saturated carbocycles. The zero-order chi connectivity index (χ0) is 18.8.